The fourth-order valence-electron chi connectivity index (χ4n) is 1.36. The van der Waals surface area contributed by atoms with Crippen LogP contribution >= 0.6 is 0 Å². The van der Waals surface area contributed by atoms with Crippen molar-refractivity contribution in [1.29, 1.82) is 0 Å². The summed E-state index contributed by atoms with van der Waals surface area (Å²) in [5.41, 5.74) is 2.54. The summed E-state index contributed by atoms with van der Waals surface area (Å²) in [7, 11) is 0. The molecule has 0 saturated carbocycles. The first-order valence-electron chi connectivity index (χ1n) is 5.31. The number of benzene rings is 1. The number of allylic oxidation sites excluding steroid dienone is 2. The molecule has 1 rings (SSSR count). The summed E-state index contributed by atoms with van der Waals surface area (Å²) in [6, 6.07) is 9.46. The van der Waals surface area contributed by atoms with Crippen molar-refractivity contribution in [2.75, 3.05) is 5.32 Å². The van der Waals surface area contributed by atoms with Crippen molar-refractivity contribution in [2.24, 2.45) is 0 Å². The molecule has 0 unspecified atom stereocenters. The van der Waals surface area contributed by atoms with E-state index < -0.39 is 0 Å². The fourth-order valence-corrected chi connectivity index (χ4v) is 1.36. The Balaban J connectivity index is 2.83. The lowest BCUT2D eigenvalue weighted by molar-refractivity contribution is -0.112. The average Bonchev–Trinajstić information content (AvgIpc) is 2.26. The Morgan fingerprint density at radius 1 is 1.19 bits per heavy atom. The van der Waals surface area contributed by atoms with Crippen LogP contribution in [0, 0.1) is 0 Å². The number of amides is 1. The molecule has 16 heavy (non-hydrogen) atoms. The molecule has 0 bridgehead atoms. The molecule has 0 aromatic heterocycles. The van der Waals surface area contributed by atoms with E-state index in [-0.39, 0.29) is 5.91 Å². The number of hydrogen-bond acceptors (Lipinski definition) is 1. The molecule has 2 nitrogen and oxygen atoms in total. The minimum absolute atomic E-state index is 0.0655. The zero-order valence-electron chi connectivity index (χ0n) is 9.95. The van der Waals surface area contributed by atoms with E-state index >= 15 is 0 Å². The Kier molecular flexibility index (Phi) is 4.52. The zero-order chi connectivity index (χ0) is 12.0. The van der Waals surface area contributed by atoms with Crippen LogP contribution in [0.1, 0.15) is 20.8 Å². The van der Waals surface area contributed by atoms with Gasteiger partial charge in [0.1, 0.15) is 0 Å². The van der Waals surface area contributed by atoms with Crippen LogP contribution < -0.4 is 5.32 Å². The molecule has 0 aliphatic carbocycles. The van der Waals surface area contributed by atoms with Gasteiger partial charge in [-0.25, -0.2) is 0 Å². The molecule has 0 fully saturated rings. The normalized spacial score (nSPS) is 10.2. The Labute approximate surface area is 96.7 Å². The maximum absolute atomic E-state index is 11.9. The summed E-state index contributed by atoms with van der Waals surface area (Å²) < 4.78 is 0. The number of carbonyl (C=O) groups is 1. The molecule has 0 heterocycles. The van der Waals surface area contributed by atoms with Gasteiger partial charge in [-0.3, -0.25) is 4.79 Å². The number of para-hydroxylation sites is 1. The highest BCUT2D eigenvalue weighted by atomic mass is 16.1. The monoisotopic (exact) mass is 215 g/mol. The molecule has 1 amide bonds. The highest BCUT2D eigenvalue weighted by Gasteiger charge is 2.07. The Morgan fingerprint density at radius 3 is 2.31 bits per heavy atom. The average molecular weight is 215 g/mol. The van der Waals surface area contributed by atoms with E-state index in [9.17, 15) is 4.79 Å². The molecule has 1 N–H and O–H groups in total. The lowest BCUT2D eigenvalue weighted by Gasteiger charge is -2.07. The van der Waals surface area contributed by atoms with Gasteiger partial charge in [-0.1, -0.05) is 35.9 Å². The van der Waals surface area contributed by atoms with Gasteiger partial charge in [0.2, 0.25) is 0 Å². The van der Waals surface area contributed by atoms with E-state index in [2.05, 4.69) is 5.32 Å². The fraction of sp³-hybridized carbons (Fsp3) is 0.214. The van der Waals surface area contributed by atoms with Crippen LogP contribution in [0.5, 0.6) is 0 Å². The van der Waals surface area contributed by atoms with Crippen LogP contribution in [0.2, 0.25) is 0 Å². The van der Waals surface area contributed by atoms with Crippen LogP contribution in [-0.4, -0.2) is 5.91 Å². The molecular weight excluding hydrogens is 198 g/mol. The van der Waals surface area contributed by atoms with E-state index in [4.69, 9.17) is 0 Å². The summed E-state index contributed by atoms with van der Waals surface area (Å²) in [6.07, 6.45) is 3.69. The van der Waals surface area contributed by atoms with Crippen molar-refractivity contribution in [1.82, 2.24) is 0 Å². The summed E-state index contributed by atoms with van der Waals surface area (Å²) in [5.74, 6) is -0.0655. The van der Waals surface area contributed by atoms with Crippen LogP contribution in [0.15, 0.2) is 53.6 Å². The first kappa shape index (κ1) is 12.2. The van der Waals surface area contributed by atoms with Crippen molar-refractivity contribution in [3.05, 3.63) is 53.6 Å². The van der Waals surface area contributed by atoms with Gasteiger partial charge in [0.15, 0.2) is 0 Å². The zero-order valence-corrected chi connectivity index (χ0v) is 9.95. The summed E-state index contributed by atoms with van der Waals surface area (Å²) in [6.45, 7) is 5.76. The molecular formula is C14H17NO. The highest BCUT2D eigenvalue weighted by molar-refractivity contribution is 6.06. The summed E-state index contributed by atoms with van der Waals surface area (Å²) in [5, 5.41) is 2.86. The number of hydrogen-bond donors (Lipinski definition) is 1. The number of rotatable bonds is 3. The lowest BCUT2D eigenvalue weighted by Crippen LogP contribution is -2.14. The lowest BCUT2D eigenvalue weighted by atomic mass is 10.1. The maximum atomic E-state index is 11.9. The molecule has 84 valence electrons. The smallest absolute Gasteiger partial charge is 0.255 e. The van der Waals surface area contributed by atoms with Crippen molar-refractivity contribution in [2.45, 2.75) is 20.8 Å². The molecule has 0 atom stereocenters. The molecule has 0 saturated heterocycles. The summed E-state index contributed by atoms with van der Waals surface area (Å²) >= 11 is 0. The number of carbonyl (C=O) groups excluding carboxylic acids is 1. The van der Waals surface area contributed by atoms with Gasteiger partial charge in [-0.2, -0.15) is 0 Å². The minimum atomic E-state index is -0.0655. The maximum Gasteiger partial charge on any atom is 0.255 e. The molecule has 0 aliphatic rings. The van der Waals surface area contributed by atoms with Crippen molar-refractivity contribution in [3.63, 3.8) is 0 Å². The molecule has 1 aromatic rings. The molecule has 0 radical (unpaired) electrons. The van der Waals surface area contributed by atoms with E-state index in [1.165, 1.54) is 0 Å². The topological polar surface area (TPSA) is 29.1 Å². The third kappa shape index (κ3) is 3.39. The molecule has 0 aliphatic heterocycles. The third-order valence-corrected chi connectivity index (χ3v) is 2.15. The van der Waals surface area contributed by atoms with E-state index in [1.54, 1.807) is 0 Å². The van der Waals surface area contributed by atoms with Gasteiger partial charge in [-0.15, -0.1) is 0 Å². The van der Waals surface area contributed by atoms with Crippen molar-refractivity contribution < 1.29 is 4.79 Å². The van der Waals surface area contributed by atoms with Crippen molar-refractivity contribution in [3.8, 4) is 0 Å². The first-order chi connectivity index (χ1) is 7.65. The van der Waals surface area contributed by atoms with Gasteiger partial charge in [0.25, 0.3) is 5.91 Å². The van der Waals surface area contributed by atoms with Gasteiger partial charge in [-0.05, 0) is 32.9 Å². The van der Waals surface area contributed by atoms with Crippen LogP contribution in [0.3, 0.4) is 0 Å². The van der Waals surface area contributed by atoms with Gasteiger partial charge < -0.3 is 5.32 Å². The van der Waals surface area contributed by atoms with Crippen molar-refractivity contribution >= 4 is 11.6 Å². The van der Waals surface area contributed by atoms with E-state index in [0.29, 0.717) is 5.57 Å². The Hall–Kier alpha value is -1.83. The molecule has 0 spiro atoms. The quantitative estimate of drug-likeness (QED) is 0.606. The van der Waals surface area contributed by atoms with E-state index in [0.717, 1.165) is 11.3 Å². The predicted octanol–water partition coefficient (Wildman–Crippen LogP) is 3.54. The minimum Gasteiger partial charge on any atom is -0.322 e. The van der Waals surface area contributed by atoms with E-state index in [1.807, 2.05) is 63.3 Å². The second-order valence-corrected chi connectivity index (χ2v) is 3.73. The predicted molar refractivity (Wildman–Crippen MR) is 68.3 cm³/mol. The van der Waals surface area contributed by atoms with Crippen LogP contribution in [-0.2, 0) is 4.79 Å². The summed E-state index contributed by atoms with van der Waals surface area (Å²) in [4.78, 5) is 11.9. The Morgan fingerprint density at radius 2 is 1.81 bits per heavy atom. The van der Waals surface area contributed by atoms with Gasteiger partial charge in [0.05, 0.1) is 0 Å². The van der Waals surface area contributed by atoms with Gasteiger partial charge >= 0.3 is 0 Å². The number of nitrogens with one attached hydrogen (secondary N) is 1. The van der Waals surface area contributed by atoms with Crippen LogP contribution in [0.4, 0.5) is 5.69 Å². The first-order valence-corrected chi connectivity index (χ1v) is 5.31. The third-order valence-electron chi connectivity index (χ3n) is 2.15. The SMILES string of the molecule is C/C=C\C(C(=O)Nc1ccccc1)=C(C)C. The van der Waals surface area contributed by atoms with Crippen LogP contribution in [0.25, 0.3) is 0 Å². The second kappa shape index (κ2) is 5.91. The van der Waals surface area contributed by atoms with Gasteiger partial charge in [0, 0.05) is 11.3 Å². The molecule has 2 heteroatoms. The largest absolute Gasteiger partial charge is 0.322 e. The number of anilines is 1. The molecule has 1 aromatic carbocycles. The Bertz CT molecular complexity index is 412. The second-order valence-electron chi connectivity index (χ2n) is 3.73. The highest BCUT2D eigenvalue weighted by Crippen LogP contribution is 2.11. The standard InChI is InChI=1S/C14H17NO/c1-4-8-13(11(2)3)14(16)15-12-9-6-5-7-10-12/h4-10H,1-3H3,(H,15,16)/b8-4-.